The van der Waals surface area contributed by atoms with Gasteiger partial charge in [0.05, 0.1) is 5.75 Å². The molecule has 7 heteroatoms. The summed E-state index contributed by atoms with van der Waals surface area (Å²) >= 11 is 0. The van der Waals surface area contributed by atoms with Gasteiger partial charge in [0.15, 0.2) is 0 Å². The van der Waals surface area contributed by atoms with Crippen molar-refractivity contribution < 1.29 is 17.9 Å². The number of aryl methyl sites for hydroxylation is 1. The Morgan fingerprint density at radius 1 is 0.881 bits per heavy atom. The number of hydrogen-bond donors (Lipinski definition) is 0. The molecule has 2 bridgehead atoms. The van der Waals surface area contributed by atoms with Gasteiger partial charge in [-0.25, -0.2) is 8.42 Å². The molecule has 0 aromatic heterocycles. The third-order valence-electron chi connectivity index (χ3n) is 9.26. The monoisotopic (exact) mass is 606 g/mol. The molecule has 0 aliphatic heterocycles. The number of ketones is 1. The lowest BCUT2D eigenvalue weighted by molar-refractivity contribution is -0.128. The molecule has 0 saturated heterocycles. The zero-order valence-electron chi connectivity index (χ0n) is 29.6. The van der Waals surface area contributed by atoms with E-state index in [1.165, 1.54) is 5.56 Å². The lowest BCUT2D eigenvalue weighted by atomic mass is 9.70. The van der Waals surface area contributed by atoms with Crippen LogP contribution in [0.4, 0.5) is 0 Å². The summed E-state index contributed by atoms with van der Waals surface area (Å²) in [6.45, 7) is 33.0. The van der Waals surface area contributed by atoms with Crippen molar-refractivity contribution in [1.29, 1.82) is 0 Å². The number of benzene rings is 1. The van der Waals surface area contributed by atoms with Crippen LogP contribution in [0.3, 0.4) is 0 Å². The number of nitrogens with zero attached hydrogens (tertiary/aromatic N) is 2. The molecular weight excluding hydrogens is 544 g/mol. The Hall–Kier alpha value is -1.44. The maximum Gasteiger partial charge on any atom is 0.216 e. The highest BCUT2D eigenvalue weighted by atomic mass is 32.2. The maximum absolute atomic E-state index is 13.4. The Morgan fingerprint density at radius 3 is 1.79 bits per heavy atom. The predicted molar refractivity (Wildman–Crippen MR) is 177 cm³/mol. The topological polar surface area (TPSA) is 66.9 Å². The molecule has 1 aromatic carbocycles. The highest BCUT2D eigenvalue weighted by Gasteiger charge is 2.66. The molecule has 0 spiro atoms. The van der Waals surface area contributed by atoms with E-state index in [0.29, 0.717) is 18.8 Å². The molecule has 2 aliphatic carbocycles. The normalized spacial score (nSPS) is 22.9. The van der Waals surface area contributed by atoms with Crippen molar-refractivity contribution in [3.05, 3.63) is 29.8 Å². The first-order valence-corrected chi connectivity index (χ1v) is 17.3. The SMILES string of the molecule is CC(C)(C)N(C(C)(C)C)S(=O)(=O)C[C@]12CC[C@@H](CC1=O)C2(C)C.Cc1cccc(OCCN(C(C)(C)C)C(C)(C)C)c1. The highest BCUT2D eigenvalue weighted by molar-refractivity contribution is 7.89. The van der Waals surface area contributed by atoms with Gasteiger partial charge in [-0.15, -0.1) is 0 Å². The largest absolute Gasteiger partial charge is 0.492 e. The van der Waals surface area contributed by atoms with Crippen molar-refractivity contribution in [3.63, 3.8) is 0 Å². The van der Waals surface area contributed by atoms with E-state index in [0.717, 1.165) is 25.3 Å². The van der Waals surface area contributed by atoms with Crippen LogP contribution in [-0.2, 0) is 14.8 Å². The molecule has 0 unspecified atom stereocenters. The number of rotatable bonds is 7. The van der Waals surface area contributed by atoms with Gasteiger partial charge in [0.25, 0.3) is 0 Å². The van der Waals surface area contributed by atoms with Crippen LogP contribution in [-0.4, -0.2) is 64.5 Å². The zero-order valence-corrected chi connectivity index (χ0v) is 30.4. The summed E-state index contributed by atoms with van der Waals surface area (Å²) < 4.78 is 34.2. The van der Waals surface area contributed by atoms with Crippen LogP contribution in [0, 0.1) is 23.7 Å². The fourth-order valence-corrected chi connectivity index (χ4v) is 11.1. The molecule has 2 saturated carbocycles. The number of ether oxygens (including phenoxy) is 1. The van der Waals surface area contributed by atoms with Gasteiger partial charge in [-0.1, -0.05) is 26.0 Å². The summed E-state index contributed by atoms with van der Waals surface area (Å²) in [4.78, 5) is 15.2. The van der Waals surface area contributed by atoms with E-state index in [4.69, 9.17) is 4.74 Å². The van der Waals surface area contributed by atoms with Gasteiger partial charge in [0, 0.05) is 40.5 Å². The summed E-state index contributed by atoms with van der Waals surface area (Å²) in [6, 6.07) is 8.23. The van der Waals surface area contributed by atoms with Crippen molar-refractivity contribution in [2.75, 3.05) is 18.9 Å². The minimum absolute atomic E-state index is 0.0448. The maximum atomic E-state index is 13.4. The third-order valence-corrected chi connectivity index (χ3v) is 11.8. The minimum Gasteiger partial charge on any atom is -0.492 e. The predicted octanol–water partition coefficient (Wildman–Crippen LogP) is 7.88. The second kappa shape index (κ2) is 12.2. The molecule has 2 atom stereocenters. The second-order valence-corrected chi connectivity index (χ2v) is 19.0. The molecule has 1 aromatic rings. The van der Waals surface area contributed by atoms with E-state index < -0.39 is 26.5 Å². The van der Waals surface area contributed by atoms with Gasteiger partial charge in [-0.2, -0.15) is 4.31 Å². The third kappa shape index (κ3) is 8.18. The Kier molecular flexibility index (Phi) is 10.6. The van der Waals surface area contributed by atoms with Crippen molar-refractivity contribution >= 4 is 15.8 Å². The Morgan fingerprint density at radius 2 is 1.40 bits per heavy atom. The van der Waals surface area contributed by atoms with Gasteiger partial charge < -0.3 is 4.74 Å². The first-order chi connectivity index (χ1) is 18.7. The lowest BCUT2D eigenvalue weighted by Crippen LogP contribution is -2.58. The first-order valence-electron chi connectivity index (χ1n) is 15.7. The van der Waals surface area contributed by atoms with Crippen molar-refractivity contribution in [2.45, 2.75) is 145 Å². The van der Waals surface area contributed by atoms with Crippen LogP contribution in [0.25, 0.3) is 0 Å². The van der Waals surface area contributed by atoms with Gasteiger partial charge in [0.2, 0.25) is 10.0 Å². The molecule has 2 aliphatic rings. The second-order valence-electron chi connectivity index (χ2n) is 17.2. The molecule has 0 amide bonds. The number of fused-ring (bicyclic) bond motifs is 2. The van der Waals surface area contributed by atoms with Crippen LogP contribution in [0.15, 0.2) is 24.3 Å². The first kappa shape index (κ1) is 36.8. The summed E-state index contributed by atoms with van der Waals surface area (Å²) in [7, 11) is -3.56. The number of carbonyl (C=O) groups is 1. The van der Waals surface area contributed by atoms with Crippen molar-refractivity contribution in [1.82, 2.24) is 9.21 Å². The average Bonchev–Trinajstić information content (AvgIpc) is 3.07. The number of hydrogen-bond acceptors (Lipinski definition) is 5. The summed E-state index contributed by atoms with van der Waals surface area (Å²) in [5.74, 6) is 1.41. The van der Waals surface area contributed by atoms with E-state index in [-0.39, 0.29) is 28.0 Å². The summed E-state index contributed by atoms with van der Waals surface area (Å²) in [5, 5.41) is 0. The van der Waals surface area contributed by atoms with Crippen LogP contribution >= 0.6 is 0 Å². The Labute approximate surface area is 259 Å². The highest BCUT2D eigenvalue weighted by Crippen LogP contribution is 2.64. The van der Waals surface area contributed by atoms with E-state index in [9.17, 15) is 13.2 Å². The smallest absolute Gasteiger partial charge is 0.216 e. The molecule has 0 N–H and O–H groups in total. The molecule has 2 fully saturated rings. The fraction of sp³-hybridized carbons (Fsp3) is 0.800. The summed E-state index contributed by atoms with van der Waals surface area (Å²) in [5.41, 5.74) is -0.428. The van der Waals surface area contributed by atoms with Crippen LogP contribution in [0.1, 0.15) is 122 Å². The molecule has 42 heavy (non-hydrogen) atoms. The lowest BCUT2D eigenvalue weighted by Gasteiger charge is -2.46. The number of Topliss-reactive ketones (excluding diaryl/α,β-unsaturated/α-hetero) is 1. The standard InChI is InChI=1S/C18H33NO3S.C17H29NO/c1-15(2,3)19(16(4,5)6)23(21,22)12-18-10-9-13(11-14(18)20)17(18,7)8;1-14-9-8-10-15(13-14)19-12-11-18(16(2,3)4)17(5,6)7/h13H,9-12H2,1-8H3;8-10,13H,11-12H2,1-7H3/t13-,18+;/m0./s1. The van der Waals surface area contributed by atoms with Crippen molar-refractivity contribution in [3.8, 4) is 5.75 Å². The average molecular weight is 607 g/mol. The number of carbonyl (C=O) groups excluding carboxylic acids is 1. The van der Waals surface area contributed by atoms with Crippen LogP contribution in [0.5, 0.6) is 5.75 Å². The van der Waals surface area contributed by atoms with E-state index in [1.54, 1.807) is 4.31 Å². The minimum atomic E-state index is -3.56. The molecule has 242 valence electrons. The van der Waals surface area contributed by atoms with Gasteiger partial charge >= 0.3 is 0 Å². The molecule has 0 radical (unpaired) electrons. The Balaban J connectivity index is 0.000000299. The van der Waals surface area contributed by atoms with Crippen molar-refractivity contribution in [2.24, 2.45) is 16.7 Å². The van der Waals surface area contributed by atoms with Gasteiger partial charge in [0.1, 0.15) is 18.1 Å². The zero-order chi connectivity index (χ0) is 32.7. The molecule has 0 heterocycles. The van der Waals surface area contributed by atoms with E-state index in [1.807, 2.05) is 53.7 Å². The quantitative estimate of drug-likeness (QED) is 0.316. The Bertz CT molecular complexity index is 1170. The van der Waals surface area contributed by atoms with E-state index in [2.05, 4.69) is 79.3 Å². The van der Waals surface area contributed by atoms with Gasteiger partial charge in [-0.3, -0.25) is 9.69 Å². The van der Waals surface area contributed by atoms with Gasteiger partial charge in [-0.05, 0) is 132 Å². The summed E-state index contributed by atoms with van der Waals surface area (Å²) in [6.07, 6.45) is 2.23. The van der Waals surface area contributed by atoms with Crippen LogP contribution in [0.2, 0.25) is 0 Å². The van der Waals surface area contributed by atoms with E-state index >= 15 is 0 Å². The van der Waals surface area contributed by atoms with Crippen LogP contribution < -0.4 is 4.74 Å². The number of sulfonamides is 1. The molecule has 3 rings (SSSR count). The fourth-order valence-electron chi connectivity index (χ4n) is 7.96. The molecular formula is C35H62N2O4S. The molecule has 6 nitrogen and oxygen atoms in total.